The second kappa shape index (κ2) is 6.37. The molecule has 6 heteroatoms. The molecule has 0 heterocycles. The zero-order chi connectivity index (χ0) is 13.6. The fourth-order valence-corrected chi connectivity index (χ4v) is 2.42. The number of carboxylic acid groups (broad SMARTS) is 2. The van der Waals surface area contributed by atoms with Gasteiger partial charge in [-0.05, 0) is 12.8 Å². The molecule has 0 bridgehead atoms. The number of carbonyl (C=O) groups is 3. The van der Waals surface area contributed by atoms with Crippen molar-refractivity contribution in [2.24, 2.45) is 5.41 Å². The Balaban J connectivity index is 2.64. The summed E-state index contributed by atoms with van der Waals surface area (Å²) >= 11 is 0. The molecule has 3 N–H and O–H groups in total. The Morgan fingerprint density at radius 3 is 2.00 bits per heavy atom. The van der Waals surface area contributed by atoms with Gasteiger partial charge in [0.2, 0.25) is 5.91 Å². The Kier molecular flexibility index (Phi) is 5.12. The fraction of sp³-hybridized carbons (Fsp3) is 0.750. The van der Waals surface area contributed by atoms with Crippen LogP contribution >= 0.6 is 0 Å². The number of nitrogens with one attached hydrogen (secondary N) is 1. The minimum atomic E-state index is -1.13. The number of carboxylic acids is 2. The van der Waals surface area contributed by atoms with Gasteiger partial charge in [-0.15, -0.1) is 0 Å². The summed E-state index contributed by atoms with van der Waals surface area (Å²) in [4.78, 5) is 33.3. The monoisotopic (exact) mass is 257 g/mol. The maximum Gasteiger partial charge on any atom is 0.322 e. The molecule has 0 spiro atoms. The third-order valence-corrected chi connectivity index (χ3v) is 3.45. The van der Waals surface area contributed by atoms with Gasteiger partial charge in [0.1, 0.15) is 6.54 Å². The summed E-state index contributed by atoms with van der Waals surface area (Å²) in [5.74, 6) is -2.58. The second-order valence-electron chi connectivity index (χ2n) is 4.85. The van der Waals surface area contributed by atoms with Gasteiger partial charge in [0.25, 0.3) is 0 Å². The Hall–Kier alpha value is -1.59. The average molecular weight is 257 g/mol. The first-order valence-corrected chi connectivity index (χ1v) is 6.18. The van der Waals surface area contributed by atoms with E-state index in [9.17, 15) is 19.5 Å². The quantitative estimate of drug-likeness (QED) is 0.637. The van der Waals surface area contributed by atoms with Gasteiger partial charge >= 0.3 is 11.9 Å². The molecule has 1 fully saturated rings. The van der Waals surface area contributed by atoms with E-state index in [4.69, 9.17) is 5.11 Å². The van der Waals surface area contributed by atoms with Crippen molar-refractivity contribution in [3.8, 4) is 0 Å². The van der Waals surface area contributed by atoms with E-state index in [2.05, 4.69) is 5.32 Å². The summed E-state index contributed by atoms with van der Waals surface area (Å²) in [6.45, 7) is -0.464. The Bertz CT molecular complexity index is 331. The highest BCUT2D eigenvalue weighted by Gasteiger charge is 2.40. The van der Waals surface area contributed by atoms with Crippen LogP contribution in [-0.4, -0.2) is 34.6 Å². The zero-order valence-electron chi connectivity index (χ0n) is 10.3. The normalized spacial score (nSPS) is 18.7. The molecule has 0 aliphatic heterocycles. The van der Waals surface area contributed by atoms with Crippen LogP contribution in [0.2, 0.25) is 0 Å². The van der Waals surface area contributed by atoms with E-state index < -0.39 is 29.8 Å². The highest BCUT2D eigenvalue weighted by molar-refractivity contribution is 5.86. The van der Waals surface area contributed by atoms with Gasteiger partial charge < -0.3 is 15.5 Å². The van der Waals surface area contributed by atoms with Gasteiger partial charge in [-0.3, -0.25) is 14.4 Å². The van der Waals surface area contributed by atoms with Crippen LogP contribution in [0.4, 0.5) is 0 Å². The third kappa shape index (κ3) is 4.01. The molecule has 0 unspecified atom stereocenters. The van der Waals surface area contributed by atoms with E-state index >= 15 is 0 Å². The molecule has 1 rings (SSSR count). The van der Waals surface area contributed by atoms with Crippen LogP contribution in [0, 0.1) is 5.41 Å². The molecule has 0 aromatic rings. The predicted octanol–water partition coefficient (Wildman–Crippen LogP) is 1.00. The first-order valence-electron chi connectivity index (χ1n) is 6.18. The summed E-state index contributed by atoms with van der Waals surface area (Å²) in [5.41, 5.74) is -1.01. The summed E-state index contributed by atoms with van der Waals surface area (Å²) < 4.78 is 0. The van der Waals surface area contributed by atoms with Gasteiger partial charge in [0, 0.05) is 6.42 Å². The Labute approximate surface area is 105 Å². The van der Waals surface area contributed by atoms with Crippen molar-refractivity contribution < 1.29 is 24.6 Å². The second-order valence-corrected chi connectivity index (χ2v) is 4.85. The zero-order valence-corrected chi connectivity index (χ0v) is 10.3. The molecular weight excluding hydrogens is 238 g/mol. The molecule has 0 aromatic carbocycles. The molecule has 1 saturated carbocycles. The van der Waals surface area contributed by atoms with Gasteiger partial charge in [-0.1, -0.05) is 25.7 Å². The summed E-state index contributed by atoms with van der Waals surface area (Å²) in [6.07, 6.45) is 4.44. The highest BCUT2D eigenvalue weighted by Crippen LogP contribution is 2.38. The first kappa shape index (κ1) is 14.5. The number of hydrogen-bond acceptors (Lipinski definition) is 3. The smallest absolute Gasteiger partial charge is 0.322 e. The molecule has 0 aromatic heterocycles. The maximum atomic E-state index is 11.6. The molecule has 1 aliphatic rings. The Morgan fingerprint density at radius 2 is 1.56 bits per heavy atom. The fourth-order valence-electron chi connectivity index (χ4n) is 2.42. The number of carbonyl (C=O) groups excluding carboxylic acids is 1. The van der Waals surface area contributed by atoms with Crippen molar-refractivity contribution in [1.29, 1.82) is 0 Å². The van der Waals surface area contributed by atoms with E-state index in [1.54, 1.807) is 0 Å². The van der Waals surface area contributed by atoms with Gasteiger partial charge in [-0.2, -0.15) is 0 Å². The van der Waals surface area contributed by atoms with Crippen molar-refractivity contribution in [2.75, 3.05) is 6.54 Å². The molecule has 0 radical (unpaired) electrons. The molecule has 102 valence electrons. The molecule has 1 amide bonds. The van der Waals surface area contributed by atoms with Crippen molar-refractivity contribution >= 4 is 17.8 Å². The average Bonchev–Trinajstić information content (AvgIpc) is 2.53. The first-order chi connectivity index (χ1) is 8.46. The standard InChI is InChI=1S/C12H19NO5/c14-9(13-8-10(15)16)7-12(11(17)18)5-3-1-2-4-6-12/h1-8H2,(H,13,14)(H,15,16)(H,17,18). The minimum absolute atomic E-state index is 0.129. The van der Waals surface area contributed by atoms with E-state index in [-0.39, 0.29) is 6.42 Å². The van der Waals surface area contributed by atoms with Crippen LogP contribution in [0.15, 0.2) is 0 Å². The van der Waals surface area contributed by atoms with Gasteiger partial charge in [0.15, 0.2) is 0 Å². The van der Waals surface area contributed by atoms with Crippen LogP contribution in [0.5, 0.6) is 0 Å². The summed E-state index contributed by atoms with van der Waals surface area (Å²) in [6, 6.07) is 0. The molecule has 18 heavy (non-hydrogen) atoms. The Morgan fingerprint density at radius 1 is 1.00 bits per heavy atom. The number of aliphatic carboxylic acids is 2. The predicted molar refractivity (Wildman–Crippen MR) is 63.0 cm³/mol. The molecule has 0 atom stereocenters. The van der Waals surface area contributed by atoms with Crippen molar-refractivity contribution in [2.45, 2.75) is 44.9 Å². The molecular formula is C12H19NO5. The highest BCUT2D eigenvalue weighted by atomic mass is 16.4. The minimum Gasteiger partial charge on any atom is -0.481 e. The van der Waals surface area contributed by atoms with E-state index in [1.807, 2.05) is 0 Å². The van der Waals surface area contributed by atoms with E-state index in [0.717, 1.165) is 25.7 Å². The lowest BCUT2D eigenvalue weighted by Gasteiger charge is -2.27. The molecule has 6 nitrogen and oxygen atoms in total. The van der Waals surface area contributed by atoms with Crippen LogP contribution in [0.1, 0.15) is 44.9 Å². The third-order valence-electron chi connectivity index (χ3n) is 3.45. The van der Waals surface area contributed by atoms with Crippen molar-refractivity contribution in [1.82, 2.24) is 5.32 Å². The lowest BCUT2D eigenvalue weighted by Crippen LogP contribution is -2.38. The summed E-state index contributed by atoms with van der Waals surface area (Å²) in [7, 11) is 0. The van der Waals surface area contributed by atoms with E-state index in [0.29, 0.717) is 12.8 Å². The number of rotatable bonds is 5. The van der Waals surface area contributed by atoms with Crippen LogP contribution < -0.4 is 5.32 Å². The van der Waals surface area contributed by atoms with Crippen molar-refractivity contribution in [3.05, 3.63) is 0 Å². The van der Waals surface area contributed by atoms with Gasteiger partial charge in [0.05, 0.1) is 5.41 Å². The largest absolute Gasteiger partial charge is 0.481 e. The molecule has 1 aliphatic carbocycles. The lowest BCUT2D eigenvalue weighted by molar-refractivity contribution is -0.153. The molecule has 0 saturated heterocycles. The maximum absolute atomic E-state index is 11.6. The van der Waals surface area contributed by atoms with Gasteiger partial charge in [-0.25, -0.2) is 0 Å². The van der Waals surface area contributed by atoms with Crippen LogP contribution in [0.25, 0.3) is 0 Å². The van der Waals surface area contributed by atoms with Crippen LogP contribution in [-0.2, 0) is 14.4 Å². The topological polar surface area (TPSA) is 104 Å². The number of amides is 1. The van der Waals surface area contributed by atoms with Crippen molar-refractivity contribution in [3.63, 3.8) is 0 Å². The van der Waals surface area contributed by atoms with E-state index in [1.165, 1.54) is 0 Å². The number of hydrogen-bond donors (Lipinski definition) is 3. The van der Waals surface area contributed by atoms with Crippen LogP contribution in [0.3, 0.4) is 0 Å². The lowest BCUT2D eigenvalue weighted by atomic mass is 9.77. The summed E-state index contributed by atoms with van der Waals surface area (Å²) in [5, 5.41) is 20.0. The SMILES string of the molecule is O=C(O)CNC(=O)CC1(C(=O)O)CCCCCC1.